The first-order chi connectivity index (χ1) is 10.1. The Hall–Kier alpha value is -2.00. The van der Waals surface area contributed by atoms with E-state index in [9.17, 15) is 4.79 Å². The SMILES string of the molecule is COc1cc(C(Cl)CCC(=O)O)ccc1-c1ccccc1. The van der Waals surface area contributed by atoms with Crippen LogP contribution in [0.25, 0.3) is 11.1 Å². The number of alkyl halides is 1. The number of carboxylic acid groups (broad SMARTS) is 1. The van der Waals surface area contributed by atoms with Crippen LogP contribution in [0, 0.1) is 0 Å². The maximum atomic E-state index is 10.6. The smallest absolute Gasteiger partial charge is 0.303 e. The van der Waals surface area contributed by atoms with Gasteiger partial charge in [-0.25, -0.2) is 0 Å². The molecule has 0 saturated carbocycles. The maximum Gasteiger partial charge on any atom is 0.303 e. The Morgan fingerprint density at radius 3 is 2.57 bits per heavy atom. The van der Waals surface area contributed by atoms with E-state index in [0.29, 0.717) is 6.42 Å². The average Bonchev–Trinajstić information content (AvgIpc) is 2.52. The zero-order valence-electron chi connectivity index (χ0n) is 11.8. The van der Waals surface area contributed by atoms with E-state index >= 15 is 0 Å². The topological polar surface area (TPSA) is 46.5 Å². The normalized spacial score (nSPS) is 11.9. The van der Waals surface area contributed by atoms with Crippen LogP contribution in [-0.4, -0.2) is 18.2 Å². The van der Waals surface area contributed by atoms with Gasteiger partial charge < -0.3 is 9.84 Å². The lowest BCUT2D eigenvalue weighted by atomic mass is 10.00. The van der Waals surface area contributed by atoms with Gasteiger partial charge in [0.05, 0.1) is 12.5 Å². The van der Waals surface area contributed by atoms with Gasteiger partial charge in [0, 0.05) is 12.0 Å². The molecule has 2 rings (SSSR count). The minimum Gasteiger partial charge on any atom is -0.496 e. The summed E-state index contributed by atoms with van der Waals surface area (Å²) in [5, 5.41) is 8.39. The number of benzene rings is 2. The van der Waals surface area contributed by atoms with Crippen molar-refractivity contribution < 1.29 is 14.6 Å². The molecule has 2 aromatic carbocycles. The minimum atomic E-state index is -0.839. The van der Waals surface area contributed by atoms with E-state index in [0.717, 1.165) is 22.4 Å². The number of rotatable bonds is 6. The van der Waals surface area contributed by atoms with Gasteiger partial charge in [-0.1, -0.05) is 42.5 Å². The first-order valence-corrected chi connectivity index (χ1v) is 7.14. The van der Waals surface area contributed by atoms with Crippen LogP contribution in [0.1, 0.15) is 23.8 Å². The summed E-state index contributed by atoms with van der Waals surface area (Å²) in [6.45, 7) is 0. The summed E-state index contributed by atoms with van der Waals surface area (Å²) in [7, 11) is 1.62. The van der Waals surface area contributed by atoms with E-state index in [1.54, 1.807) is 7.11 Å². The first-order valence-electron chi connectivity index (χ1n) is 6.71. The highest BCUT2D eigenvalue weighted by Crippen LogP contribution is 2.35. The molecule has 4 heteroatoms. The van der Waals surface area contributed by atoms with Crippen molar-refractivity contribution in [1.82, 2.24) is 0 Å². The summed E-state index contributed by atoms with van der Waals surface area (Å²) in [6, 6.07) is 15.7. The number of halogens is 1. The van der Waals surface area contributed by atoms with Crippen molar-refractivity contribution in [3.05, 3.63) is 54.1 Å². The quantitative estimate of drug-likeness (QED) is 0.799. The fourth-order valence-corrected chi connectivity index (χ4v) is 2.42. The van der Waals surface area contributed by atoms with Gasteiger partial charge in [-0.15, -0.1) is 11.6 Å². The molecule has 0 heterocycles. The third-order valence-electron chi connectivity index (χ3n) is 3.28. The third-order valence-corrected chi connectivity index (χ3v) is 3.75. The molecule has 0 bridgehead atoms. The van der Waals surface area contributed by atoms with Crippen LogP contribution < -0.4 is 4.74 Å². The molecule has 3 nitrogen and oxygen atoms in total. The van der Waals surface area contributed by atoms with Gasteiger partial charge >= 0.3 is 5.97 Å². The van der Waals surface area contributed by atoms with Gasteiger partial charge in [0.25, 0.3) is 0 Å². The number of carbonyl (C=O) groups is 1. The second-order valence-corrected chi connectivity index (χ2v) is 5.25. The molecule has 1 atom stereocenters. The highest BCUT2D eigenvalue weighted by molar-refractivity contribution is 6.20. The van der Waals surface area contributed by atoms with Crippen LogP contribution in [0.4, 0.5) is 0 Å². The molecule has 1 unspecified atom stereocenters. The zero-order valence-corrected chi connectivity index (χ0v) is 12.5. The summed E-state index contributed by atoms with van der Waals surface area (Å²) in [4.78, 5) is 10.6. The highest BCUT2D eigenvalue weighted by Gasteiger charge is 2.13. The van der Waals surface area contributed by atoms with Gasteiger partial charge in [-0.05, 0) is 23.6 Å². The predicted octanol–water partition coefficient (Wildman–Crippen LogP) is 4.51. The second kappa shape index (κ2) is 7.14. The molecule has 0 radical (unpaired) electrons. The molecule has 0 aliphatic heterocycles. The van der Waals surface area contributed by atoms with E-state index < -0.39 is 5.97 Å². The van der Waals surface area contributed by atoms with Gasteiger partial charge in [0.15, 0.2) is 0 Å². The Kier molecular flexibility index (Phi) is 5.23. The van der Waals surface area contributed by atoms with Crippen LogP contribution in [0.5, 0.6) is 5.75 Å². The van der Waals surface area contributed by atoms with Crippen molar-refractivity contribution in [3.8, 4) is 16.9 Å². The monoisotopic (exact) mass is 304 g/mol. The molecule has 21 heavy (non-hydrogen) atoms. The Morgan fingerprint density at radius 2 is 1.95 bits per heavy atom. The predicted molar refractivity (Wildman–Crippen MR) is 83.9 cm³/mol. The summed E-state index contributed by atoms with van der Waals surface area (Å²) in [5.41, 5.74) is 2.93. The molecule has 0 amide bonds. The second-order valence-electron chi connectivity index (χ2n) is 4.73. The number of aliphatic carboxylic acids is 1. The highest BCUT2D eigenvalue weighted by atomic mass is 35.5. The van der Waals surface area contributed by atoms with E-state index in [4.69, 9.17) is 21.4 Å². The molecule has 0 fully saturated rings. The van der Waals surface area contributed by atoms with Crippen LogP contribution in [-0.2, 0) is 4.79 Å². The Morgan fingerprint density at radius 1 is 1.24 bits per heavy atom. The van der Waals surface area contributed by atoms with E-state index in [1.807, 2.05) is 48.5 Å². The molecule has 0 aromatic heterocycles. The largest absolute Gasteiger partial charge is 0.496 e. The fraction of sp³-hybridized carbons (Fsp3) is 0.235. The van der Waals surface area contributed by atoms with E-state index in [-0.39, 0.29) is 11.8 Å². The molecule has 110 valence electrons. The molecule has 0 aliphatic carbocycles. The van der Waals surface area contributed by atoms with Crippen molar-refractivity contribution in [2.24, 2.45) is 0 Å². The molecule has 2 aromatic rings. The summed E-state index contributed by atoms with van der Waals surface area (Å²) in [6.07, 6.45) is 0.446. The first kappa shape index (κ1) is 15.4. The minimum absolute atomic E-state index is 0.0525. The number of hydrogen-bond acceptors (Lipinski definition) is 2. The molecular weight excluding hydrogens is 288 g/mol. The van der Waals surface area contributed by atoms with Crippen LogP contribution >= 0.6 is 11.6 Å². The zero-order chi connectivity index (χ0) is 15.2. The number of methoxy groups -OCH3 is 1. The van der Waals surface area contributed by atoms with Crippen LogP contribution in [0.15, 0.2) is 48.5 Å². The van der Waals surface area contributed by atoms with Gasteiger partial charge in [0.2, 0.25) is 0 Å². The molecule has 0 spiro atoms. The molecule has 0 saturated heterocycles. The Bertz CT molecular complexity index is 611. The lowest BCUT2D eigenvalue weighted by molar-refractivity contribution is -0.137. The number of ether oxygens (including phenoxy) is 1. The third kappa shape index (κ3) is 3.99. The van der Waals surface area contributed by atoms with Crippen LogP contribution in [0.3, 0.4) is 0 Å². The van der Waals surface area contributed by atoms with Crippen molar-refractivity contribution in [2.75, 3.05) is 7.11 Å². The number of carboxylic acids is 1. The van der Waals surface area contributed by atoms with Gasteiger partial charge in [0.1, 0.15) is 5.75 Å². The van der Waals surface area contributed by atoms with Crippen molar-refractivity contribution in [3.63, 3.8) is 0 Å². The van der Waals surface area contributed by atoms with Crippen LogP contribution in [0.2, 0.25) is 0 Å². The van der Waals surface area contributed by atoms with E-state index in [1.165, 1.54) is 0 Å². The lowest BCUT2D eigenvalue weighted by Gasteiger charge is -2.14. The van der Waals surface area contributed by atoms with Crippen molar-refractivity contribution in [1.29, 1.82) is 0 Å². The summed E-state index contributed by atoms with van der Waals surface area (Å²) in [5.74, 6) is -0.104. The molecule has 1 N–H and O–H groups in total. The molecule has 0 aliphatic rings. The molecular formula is C17H17ClO3. The lowest BCUT2D eigenvalue weighted by Crippen LogP contribution is -1.99. The van der Waals surface area contributed by atoms with E-state index in [2.05, 4.69) is 0 Å². The van der Waals surface area contributed by atoms with Crippen molar-refractivity contribution in [2.45, 2.75) is 18.2 Å². The van der Waals surface area contributed by atoms with Crippen molar-refractivity contribution >= 4 is 17.6 Å². The standard InChI is InChI=1S/C17H17ClO3/c1-21-16-11-13(15(18)9-10-17(19)20)7-8-14(16)12-5-3-2-4-6-12/h2-8,11,15H,9-10H2,1H3,(H,19,20). The van der Waals surface area contributed by atoms with Gasteiger partial charge in [-0.3, -0.25) is 4.79 Å². The number of hydrogen-bond donors (Lipinski definition) is 1. The van der Waals surface area contributed by atoms with Gasteiger partial charge in [-0.2, -0.15) is 0 Å². The Labute approximate surface area is 129 Å². The fourth-order valence-electron chi connectivity index (χ4n) is 2.18. The summed E-state index contributed by atoms with van der Waals surface area (Å²) >= 11 is 6.26. The maximum absolute atomic E-state index is 10.6. The average molecular weight is 305 g/mol. The Balaban J connectivity index is 2.26. The summed E-state index contributed by atoms with van der Waals surface area (Å²) < 4.78 is 5.44.